The first-order valence-corrected chi connectivity index (χ1v) is 11.8. The minimum Gasteiger partial charge on any atom is -0.353 e. The van der Waals surface area contributed by atoms with Crippen molar-refractivity contribution in [2.75, 3.05) is 19.6 Å². The summed E-state index contributed by atoms with van der Waals surface area (Å²) in [4.78, 5) is 16.0. The van der Waals surface area contributed by atoms with E-state index < -0.39 is 0 Å². The second-order valence-corrected chi connectivity index (χ2v) is 9.13. The number of thiophene rings is 1. The molecule has 0 unspecified atom stereocenters. The van der Waals surface area contributed by atoms with Gasteiger partial charge in [-0.3, -0.25) is 4.79 Å². The first-order chi connectivity index (χ1) is 14.8. The van der Waals surface area contributed by atoms with E-state index in [1.54, 1.807) is 11.3 Å². The van der Waals surface area contributed by atoms with Crippen molar-refractivity contribution < 1.29 is 4.79 Å². The van der Waals surface area contributed by atoms with Gasteiger partial charge in [0.15, 0.2) is 0 Å². The zero-order chi connectivity index (χ0) is 20.6. The molecule has 4 rings (SSSR count). The molecule has 0 saturated carbocycles. The Bertz CT molecular complexity index is 848. The summed E-state index contributed by atoms with van der Waals surface area (Å²) in [7, 11) is 0. The maximum Gasteiger partial charge on any atom is 0.225 e. The molecule has 2 aromatic carbocycles. The lowest BCUT2D eigenvalue weighted by molar-refractivity contribution is -0.121. The molecule has 3 nitrogen and oxygen atoms in total. The summed E-state index contributed by atoms with van der Waals surface area (Å²) in [5.74, 6) is 0.583. The summed E-state index contributed by atoms with van der Waals surface area (Å²) in [6, 6.07) is 26.0. The van der Waals surface area contributed by atoms with Gasteiger partial charge in [-0.1, -0.05) is 66.7 Å². The Kier molecular flexibility index (Phi) is 7.33. The number of nitrogens with zero attached hydrogens (tertiary/aromatic N) is 1. The summed E-state index contributed by atoms with van der Waals surface area (Å²) in [6.07, 6.45) is 3.70. The molecule has 1 aliphatic rings. The summed E-state index contributed by atoms with van der Waals surface area (Å²) in [6.45, 7) is 3.20. The van der Waals surface area contributed by atoms with Gasteiger partial charge in [-0.15, -0.1) is 11.3 Å². The monoisotopic (exact) mass is 418 g/mol. The summed E-state index contributed by atoms with van der Waals surface area (Å²) < 4.78 is 0. The van der Waals surface area contributed by atoms with Gasteiger partial charge in [0.1, 0.15) is 0 Å². The lowest BCUT2D eigenvalue weighted by Gasteiger charge is -2.33. The number of likely N-dealkylation sites (tertiary alicyclic amines) is 1. The first kappa shape index (κ1) is 20.8. The van der Waals surface area contributed by atoms with Crippen LogP contribution in [0.1, 0.15) is 41.2 Å². The molecule has 1 amide bonds. The van der Waals surface area contributed by atoms with Crippen molar-refractivity contribution >= 4 is 17.2 Å². The molecule has 4 heteroatoms. The molecule has 0 aliphatic carbocycles. The SMILES string of the molecule is O=C(Cc1cccs1)NC1CCN(CCC(c2ccccc2)c2ccccc2)CC1. The van der Waals surface area contributed by atoms with E-state index in [0.29, 0.717) is 18.4 Å². The van der Waals surface area contributed by atoms with E-state index in [9.17, 15) is 4.79 Å². The van der Waals surface area contributed by atoms with E-state index in [2.05, 4.69) is 70.9 Å². The van der Waals surface area contributed by atoms with Crippen LogP contribution in [0.4, 0.5) is 0 Å². The van der Waals surface area contributed by atoms with Gasteiger partial charge in [-0.2, -0.15) is 0 Å². The Morgan fingerprint density at radius 2 is 1.57 bits per heavy atom. The molecule has 0 bridgehead atoms. The number of amides is 1. The molecule has 156 valence electrons. The number of piperidine rings is 1. The van der Waals surface area contributed by atoms with Crippen molar-refractivity contribution in [2.24, 2.45) is 0 Å². The Labute approximate surface area is 183 Å². The maximum atomic E-state index is 12.3. The molecular formula is C26H30N2OS. The molecule has 1 saturated heterocycles. The normalized spacial score (nSPS) is 15.4. The highest BCUT2D eigenvalue weighted by Gasteiger charge is 2.22. The van der Waals surface area contributed by atoms with Gasteiger partial charge >= 0.3 is 0 Å². The van der Waals surface area contributed by atoms with E-state index in [4.69, 9.17) is 0 Å². The highest BCUT2D eigenvalue weighted by atomic mass is 32.1. The van der Waals surface area contributed by atoms with Crippen LogP contribution in [0.3, 0.4) is 0 Å². The van der Waals surface area contributed by atoms with E-state index in [1.165, 1.54) is 11.1 Å². The highest BCUT2D eigenvalue weighted by molar-refractivity contribution is 7.10. The zero-order valence-electron chi connectivity index (χ0n) is 17.4. The summed E-state index contributed by atoms with van der Waals surface area (Å²) in [5.41, 5.74) is 2.78. The maximum absolute atomic E-state index is 12.3. The molecule has 0 atom stereocenters. The quantitative estimate of drug-likeness (QED) is 0.552. The number of hydrogen-bond donors (Lipinski definition) is 1. The van der Waals surface area contributed by atoms with Crippen molar-refractivity contribution in [3.63, 3.8) is 0 Å². The molecule has 1 aliphatic heterocycles. The number of carbonyl (C=O) groups excluding carboxylic acids is 1. The Morgan fingerprint density at radius 1 is 0.933 bits per heavy atom. The van der Waals surface area contributed by atoms with E-state index >= 15 is 0 Å². The lowest BCUT2D eigenvalue weighted by Crippen LogP contribution is -2.45. The van der Waals surface area contributed by atoms with Crippen molar-refractivity contribution in [3.05, 3.63) is 94.2 Å². The second kappa shape index (κ2) is 10.6. The summed E-state index contributed by atoms with van der Waals surface area (Å²) in [5, 5.41) is 5.26. The van der Waals surface area contributed by atoms with E-state index in [-0.39, 0.29) is 5.91 Å². The Balaban J connectivity index is 1.27. The van der Waals surface area contributed by atoms with E-state index in [0.717, 1.165) is 43.8 Å². The number of nitrogens with one attached hydrogen (secondary N) is 1. The third kappa shape index (κ3) is 5.80. The average Bonchev–Trinajstić information content (AvgIpc) is 3.29. The minimum absolute atomic E-state index is 0.157. The number of rotatable bonds is 8. The van der Waals surface area contributed by atoms with Crippen LogP contribution < -0.4 is 5.32 Å². The smallest absolute Gasteiger partial charge is 0.225 e. The van der Waals surface area contributed by atoms with Crippen LogP contribution in [0.5, 0.6) is 0 Å². The molecule has 30 heavy (non-hydrogen) atoms. The van der Waals surface area contributed by atoms with Gasteiger partial charge in [-0.25, -0.2) is 0 Å². The largest absolute Gasteiger partial charge is 0.353 e. The highest BCUT2D eigenvalue weighted by Crippen LogP contribution is 2.28. The molecule has 3 aromatic rings. The van der Waals surface area contributed by atoms with Gasteiger partial charge in [-0.05, 0) is 48.4 Å². The fourth-order valence-electron chi connectivity index (χ4n) is 4.36. The van der Waals surface area contributed by atoms with Crippen LogP contribution >= 0.6 is 11.3 Å². The molecule has 1 fully saturated rings. The molecule has 2 heterocycles. The lowest BCUT2D eigenvalue weighted by atomic mass is 9.88. The minimum atomic E-state index is 0.157. The first-order valence-electron chi connectivity index (χ1n) is 10.9. The summed E-state index contributed by atoms with van der Waals surface area (Å²) >= 11 is 1.65. The van der Waals surface area contributed by atoms with Gasteiger partial charge in [0.25, 0.3) is 0 Å². The number of carbonyl (C=O) groups is 1. The number of benzene rings is 2. The van der Waals surface area contributed by atoms with Crippen molar-refractivity contribution in [3.8, 4) is 0 Å². The standard InChI is InChI=1S/C26H30N2OS/c29-26(20-24-12-7-19-30-24)27-23-13-16-28(17-14-23)18-15-25(21-8-3-1-4-9-21)22-10-5-2-6-11-22/h1-12,19,23,25H,13-18,20H2,(H,27,29). The van der Waals surface area contributed by atoms with Crippen LogP contribution in [0.2, 0.25) is 0 Å². The molecule has 0 radical (unpaired) electrons. The fourth-order valence-corrected chi connectivity index (χ4v) is 5.06. The second-order valence-electron chi connectivity index (χ2n) is 8.10. The van der Waals surface area contributed by atoms with E-state index in [1.807, 2.05) is 17.5 Å². The Morgan fingerprint density at radius 3 is 2.13 bits per heavy atom. The molecular weight excluding hydrogens is 388 g/mol. The predicted molar refractivity (Wildman–Crippen MR) is 125 cm³/mol. The molecule has 1 aromatic heterocycles. The molecule has 0 spiro atoms. The average molecular weight is 419 g/mol. The predicted octanol–water partition coefficient (Wildman–Crippen LogP) is 5.09. The van der Waals surface area contributed by atoms with Gasteiger partial charge in [0, 0.05) is 29.9 Å². The van der Waals surface area contributed by atoms with Crippen LogP contribution in [-0.4, -0.2) is 36.5 Å². The van der Waals surface area contributed by atoms with Crippen LogP contribution in [0.15, 0.2) is 78.2 Å². The number of hydrogen-bond acceptors (Lipinski definition) is 3. The topological polar surface area (TPSA) is 32.3 Å². The van der Waals surface area contributed by atoms with Crippen LogP contribution in [0, 0.1) is 0 Å². The van der Waals surface area contributed by atoms with Crippen LogP contribution in [0.25, 0.3) is 0 Å². The zero-order valence-corrected chi connectivity index (χ0v) is 18.2. The third-order valence-electron chi connectivity index (χ3n) is 6.01. The molecule has 1 N–H and O–H groups in total. The Hall–Kier alpha value is -2.43. The fraction of sp³-hybridized carbons (Fsp3) is 0.346. The third-order valence-corrected chi connectivity index (χ3v) is 6.88. The van der Waals surface area contributed by atoms with Gasteiger partial charge in [0.05, 0.1) is 6.42 Å². The van der Waals surface area contributed by atoms with Crippen molar-refractivity contribution in [1.82, 2.24) is 10.2 Å². The van der Waals surface area contributed by atoms with Gasteiger partial charge in [0.2, 0.25) is 5.91 Å². The van der Waals surface area contributed by atoms with Crippen molar-refractivity contribution in [1.29, 1.82) is 0 Å². The van der Waals surface area contributed by atoms with Gasteiger partial charge < -0.3 is 10.2 Å². The van der Waals surface area contributed by atoms with Crippen LogP contribution in [-0.2, 0) is 11.2 Å². The van der Waals surface area contributed by atoms with Crippen molar-refractivity contribution in [2.45, 2.75) is 37.6 Å².